The van der Waals surface area contributed by atoms with Crippen LogP contribution in [0.5, 0.6) is 0 Å². The van der Waals surface area contributed by atoms with Crippen molar-refractivity contribution < 1.29 is 0 Å². The zero-order chi connectivity index (χ0) is 13.1. The summed E-state index contributed by atoms with van der Waals surface area (Å²) in [5.74, 6) is 0.821. The van der Waals surface area contributed by atoms with E-state index in [1.54, 1.807) is 0 Å². The van der Waals surface area contributed by atoms with E-state index in [0.717, 1.165) is 35.5 Å². The second kappa shape index (κ2) is 5.16. The lowest BCUT2D eigenvalue weighted by Gasteiger charge is -2.15. The molecule has 96 valence electrons. The van der Waals surface area contributed by atoms with Crippen molar-refractivity contribution in [1.29, 1.82) is 0 Å². The van der Waals surface area contributed by atoms with Crippen LogP contribution in [-0.4, -0.2) is 20.2 Å². The van der Waals surface area contributed by atoms with Crippen LogP contribution < -0.4 is 5.73 Å². The quantitative estimate of drug-likeness (QED) is 0.840. The molecule has 5 nitrogen and oxygen atoms in total. The van der Waals surface area contributed by atoms with Crippen molar-refractivity contribution in [3.05, 3.63) is 23.8 Å². The predicted octanol–water partition coefficient (Wildman–Crippen LogP) is 2.59. The Balaban J connectivity index is 2.48. The summed E-state index contributed by atoms with van der Waals surface area (Å²) in [6, 6.07) is 6.15. The molecule has 0 spiro atoms. The third kappa shape index (κ3) is 2.20. The van der Waals surface area contributed by atoms with Gasteiger partial charge in [0.25, 0.3) is 0 Å². The molecule has 1 aromatic heterocycles. The third-order valence-corrected chi connectivity index (χ3v) is 3.27. The number of rotatable bonds is 4. The first-order chi connectivity index (χ1) is 8.67. The highest BCUT2D eigenvalue weighted by atomic mass is 15.5. The van der Waals surface area contributed by atoms with Crippen molar-refractivity contribution >= 4 is 5.69 Å². The van der Waals surface area contributed by atoms with Crippen molar-refractivity contribution in [1.82, 2.24) is 20.2 Å². The fourth-order valence-electron chi connectivity index (χ4n) is 2.19. The van der Waals surface area contributed by atoms with Gasteiger partial charge in [-0.05, 0) is 54.0 Å². The number of nitrogens with zero attached hydrogens (tertiary/aromatic N) is 4. The molecular weight excluding hydrogens is 226 g/mol. The summed E-state index contributed by atoms with van der Waals surface area (Å²) < 4.78 is 1.92. The van der Waals surface area contributed by atoms with E-state index in [2.05, 4.69) is 29.4 Å². The van der Waals surface area contributed by atoms with Crippen molar-refractivity contribution in [3.63, 3.8) is 0 Å². The summed E-state index contributed by atoms with van der Waals surface area (Å²) in [4.78, 5) is 0. The summed E-state index contributed by atoms with van der Waals surface area (Å²) in [6.07, 6.45) is 2.03. The number of nitrogens with two attached hydrogens (primary N) is 1. The highest BCUT2D eigenvalue weighted by molar-refractivity contribution is 5.63. The summed E-state index contributed by atoms with van der Waals surface area (Å²) >= 11 is 0. The van der Waals surface area contributed by atoms with Crippen LogP contribution in [0.15, 0.2) is 18.2 Å². The van der Waals surface area contributed by atoms with E-state index in [1.165, 1.54) is 0 Å². The molecule has 0 bridgehead atoms. The van der Waals surface area contributed by atoms with Crippen molar-refractivity contribution in [2.24, 2.45) is 0 Å². The summed E-state index contributed by atoms with van der Waals surface area (Å²) in [6.45, 7) is 6.32. The minimum atomic E-state index is 0.340. The van der Waals surface area contributed by atoms with Crippen molar-refractivity contribution in [2.75, 3.05) is 5.73 Å². The molecule has 2 N–H and O–H groups in total. The maximum absolute atomic E-state index is 5.77. The van der Waals surface area contributed by atoms with Gasteiger partial charge in [-0.2, -0.15) is 0 Å². The van der Waals surface area contributed by atoms with Gasteiger partial charge in [-0.1, -0.05) is 13.8 Å². The average molecular weight is 245 g/mol. The molecule has 0 aliphatic rings. The summed E-state index contributed by atoms with van der Waals surface area (Å²) in [5.41, 5.74) is 8.67. The predicted molar refractivity (Wildman–Crippen MR) is 72.0 cm³/mol. The van der Waals surface area contributed by atoms with E-state index in [-0.39, 0.29) is 0 Å². The number of anilines is 1. The van der Waals surface area contributed by atoms with Gasteiger partial charge in [0.05, 0.1) is 6.04 Å². The Morgan fingerprint density at radius 1 is 1.28 bits per heavy atom. The number of hydrogen-bond acceptors (Lipinski definition) is 4. The minimum absolute atomic E-state index is 0.340. The Labute approximate surface area is 107 Å². The molecule has 5 heteroatoms. The van der Waals surface area contributed by atoms with E-state index in [1.807, 2.05) is 29.8 Å². The number of aryl methyl sites for hydroxylation is 1. The monoisotopic (exact) mass is 245 g/mol. The van der Waals surface area contributed by atoms with E-state index in [9.17, 15) is 0 Å². The maximum atomic E-state index is 5.77. The Kier molecular flexibility index (Phi) is 3.60. The largest absolute Gasteiger partial charge is 0.399 e. The van der Waals surface area contributed by atoms with Crippen molar-refractivity contribution in [2.45, 2.75) is 39.7 Å². The van der Waals surface area contributed by atoms with Gasteiger partial charge in [0.15, 0.2) is 5.82 Å². The van der Waals surface area contributed by atoms with Crippen LogP contribution in [0.2, 0.25) is 0 Å². The molecule has 0 radical (unpaired) electrons. The van der Waals surface area contributed by atoms with E-state index >= 15 is 0 Å². The number of hydrogen-bond donors (Lipinski definition) is 1. The molecule has 0 aliphatic heterocycles. The highest BCUT2D eigenvalue weighted by Crippen LogP contribution is 2.26. The second-order valence-electron chi connectivity index (χ2n) is 4.49. The summed E-state index contributed by atoms with van der Waals surface area (Å²) in [7, 11) is 0. The summed E-state index contributed by atoms with van der Waals surface area (Å²) in [5, 5.41) is 12.1. The van der Waals surface area contributed by atoms with Gasteiger partial charge in [0.2, 0.25) is 0 Å². The molecule has 18 heavy (non-hydrogen) atoms. The first kappa shape index (κ1) is 12.5. The fraction of sp³-hybridized carbons (Fsp3) is 0.462. The molecule has 0 saturated carbocycles. The lowest BCUT2D eigenvalue weighted by molar-refractivity contribution is 0.422. The molecular formula is C13H19N5. The molecule has 0 aliphatic carbocycles. The Hall–Kier alpha value is -1.91. The molecule has 0 unspecified atom stereocenters. The number of aromatic nitrogens is 4. The molecule has 2 aromatic rings. The van der Waals surface area contributed by atoms with Gasteiger partial charge in [-0.3, -0.25) is 0 Å². The van der Waals surface area contributed by atoms with E-state index < -0.39 is 0 Å². The number of tetrazole rings is 1. The van der Waals surface area contributed by atoms with Crippen molar-refractivity contribution in [3.8, 4) is 11.4 Å². The van der Waals surface area contributed by atoms with Crippen LogP contribution in [0, 0.1) is 6.92 Å². The third-order valence-electron chi connectivity index (χ3n) is 3.27. The van der Waals surface area contributed by atoms with Gasteiger partial charge in [-0.25, -0.2) is 4.68 Å². The van der Waals surface area contributed by atoms with Gasteiger partial charge in [-0.15, -0.1) is 5.10 Å². The van der Waals surface area contributed by atoms with E-state index in [0.29, 0.717) is 6.04 Å². The molecule has 0 saturated heterocycles. The van der Waals surface area contributed by atoms with E-state index in [4.69, 9.17) is 5.73 Å². The lowest BCUT2D eigenvalue weighted by atomic mass is 10.1. The van der Waals surface area contributed by atoms with Crippen LogP contribution >= 0.6 is 0 Å². The molecule has 0 amide bonds. The second-order valence-corrected chi connectivity index (χ2v) is 4.49. The normalized spacial score (nSPS) is 11.1. The molecule has 1 heterocycles. The molecule has 2 rings (SSSR count). The van der Waals surface area contributed by atoms with Gasteiger partial charge in [0, 0.05) is 11.3 Å². The zero-order valence-electron chi connectivity index (χ0n) is 11.1. The first-order valence-electron chi connectivity index (χ1n) is 6.31. The first-order valence-corrected chi connectivity index (χ1v) is 6.31. The maximum Gasteiger partial charge on any atom is 0.182 e. The lowest BCUT2D eigenvalue weighted by Crippen LogP contribution is -2.11. The van der Waals surface area contributed by atoms with Gasteiger partial charge < -0.3 is 5.73 Å². The van der Waals surface area contributed by atoms with Crippen LogP contribution in [0.1, 0.15) is 38.3 Å². The molecule has 1 aromatic carbocycles. The van der Waals surface area contributed by atoms with Crippen LogP contribution in [0.25, 0.3) is 11.4 Å². The van der Waals surface area contributed by atoms with Crippen LogP contribution in [-0.2, 0) is 0 Å². The highest BCUT2D eigenvalue weighted by Gasteiger charge is 2.16. The van der Waals surface area contributed by atoms with Gasteiger partial charge in [0.1, 0.15) is 0 Å². The smallest absolute Gasteiger partial charge is 0.182 e. The standard InChI is InChI=1S/C13H19N5/c1-4-11(5-2)18-13(15-16-17-18)12-7-6-10(14)8-9(12)3/h6-8,11H,4-5,14H2,1-3H3. The average Bonchev–Trinajstić information content (AvgIpc) is 2.80. The Morgan fingerprint density at radius 3 is 2.61 bits per heavy atom. The van der Waals surface area contributed by atoms with Gasteiger partial charge >= 0.3 is 0 Å². The SMILES string of the molecule is CCC(CC)n1nnnc1-c1ccc(N)cc1C. The number of benzene rings is 1. The Bertz CT molecular complexity index is 528. The fourth-order valence-corrected chi connectivity index (χ4v) is 2.19. The van der Waals surface area contributed by atoms with Crippen LogP contribution in [0.4, 0.5) is 5.69 Å². The zero-order valence-corrected chi connectivity index (χ0v) is 11.1. The molecule has 0 fully saturated rings. The van der Waals surface area contributed by atoms with Crippen LogP contribution in [0.3, 0.4) is 0 Å². The minimum Gasteiger partial charge on any atom is -0.399 e. The molecule has 0 atom stereocenters. The Morgan fingerprint density at radius 2 is 2.00 bits per heavy atom. The topological polar surface area (TPSA) is 69.6 Å². The number of nitrogen functional groups attached to an aromatic ring is 1.